The minimum atomic E-state index is -0.478. The molecule has 1 aliphatic rings. The van der Waals surface area contributed by atoms with Crippen molar-refractivity contribution >= 4 is 17.3 Å². The number of ether oxygens (including phenoxy) is 1. The average molecular weight is 316 g/mol. The van der Waals surface area contributed by atoms with Gasteiger partial charge in [0.15, 0.2) is 0 Å². The first-order chi connectivity index (χ1) is 11.2. The van der Waals surface area contributed by atoms with Gasteiger partial charge < -0.3 is 15.4 Å². The molecule has 0 saturated carbocycles. The first kappa shape index (κ1) is 17.3. The first-order valence-electron chi connectivity index (χ1n) is 8.10. The number of hydrogen-bond acceptors (Lipinski definition) is 5. The second kappa shape index (κ2) is 8.51. The van der Waals surface area contributed by atoms with Crippen LogP contribution in [0.5, 0.6) is 0 Å². The van der Waals surface area contributed by atoms with Crippen molar-refractivity contribution in [3.63, 3.8) is 0 Å². The van der Waals surface area contributed by atoms with Gasteiger partial charge in [-0.1, -0.05) is 13.8 Å². The summed E-state index contributed by atoms with van der Waals surface area (Å²) < 4.78 is 5.58. The maximum absolute atomic E-state index is 12.5. The van der Waals surface area contributed by atoms with Crippen LogP contribution in [0.4, 0.5) is 11.4 Å². The molecule has 6 nitrogen and oxygen atoms in total. The number of carbonyl (C=O) groups is 1. The van der Waals surface area contributed by atoms with Crippen LogP contribution in [-0.4, -0.2) is 49.7 Å². The molecule has 0 spiro atoms. The Labute approximate surface area is 137 Å². The summed E-state index contributed by atoms with van der Waals surface area (Å²) in [6.07, 6.45) is 0.498. The molecular formula is C17H24N4O2. The van der Waals surface area contributed by atoms with Crippen molar-refractivity contribution in [2.24, 2.45) is 0 Å². The van der Waals surface area contributed by atoms with Crippen LogP contribution in [0.3, 0.4) is 0 Å². The second-order valence-corrected chi connectivity index (χ2v) is 5.54. The van der Waals surface area contributed by atoms with Gasteiger partial charge in [-0.25, -0.2) is 0 Å². The molecule has 1 unspecified atom stereocenters. The molecule has 0 aromatic heterocycles. The van der Waals surface area contributed by atoms with Crippen molar-refractivity contribution in [2.45, 2.75) is 26.4 Å². The molecule has 6 heteroatoms. The largest absolute Gasteiger partial charge is 0.383 e. The van der Waals surface area contributed by atoms with Crippen LogP contribution in [0, 0.1) is 11.3 Å². The number of nitriles is 1. The number of nitrogens with one attached hydrogen (secondary N) is 2. The van der Waals surface area contributed by atoms with Crippen molar-refractivity contribution in [1.82, 2.24) is 4.90 Å². The summed E-state index contributed by atoms with van der Waals surface area (Å²) >= 11 is 0. The molecule has 0 bridgehead atoms. The van der Waals surface area contributed by atoms with Crippen LogP contribution in [0.1, 0.15) is 25.8 Å². The van der Waals surface area contributed by atoms with E-state index in [1.54, 1.807) is 12.1 Å². The molecule has 23 heavy (non-hydrogen) atoms. The van der Waals surface area contributed by atoms with Crippen LogP contribution in [0.15, 0.2) is 18.2 Å². The molecule has 1 fully saturated rings. The van der Waals surface area contributed by atoms with Gasteiger partial charge >= 0.3 is 0 Å². The van der Waals surface area contributed by atoms with Crippen molar-refractivity contribution in [3.05, 3.63) is 23.8 Å². The summed E-state index contributed by atoms with van der Waals surface area (Å²) in [4.78, 5) is 14.7. The molecule has 0 aliphatic carbocycles. The molecule has 1 aromatic carbocycles. The standard InChI is InChI=1S/C17H24N4O2/c1-3-7-19-14-6-5-13(11-18)10-15(14)20-17(22)16-12-21(4-2)8-9-23-16/h5-6,10,16,19H,3-4,7-9,12H2,1-2H3,(H,20,22). The van der Waals surface area contributed by atoms with Gasteiger partial charge in [0.25, 0.3) is 5.91 Å². The Balaban J connectivity index is 2.10. The van der Waals surface area contributed by atoms with E-state index in [-0.39, 0.29) is 5.91 Å². The fourth-order valence-corrected chi connectivity index (χ4v) is 2.49. The monoisotopic (exact) mass is 316 g/mol. The highest BCUT2D eigenvalue weighted by atomic mass is 16.5. The lowest BCUT2D eigenvalue weighted by atomic mass is 10.1. The maximum atomic E-state index is 12.5. The van der Waals surface area contributed by atoms with Crippen LogP contribution in [-0.2, 0) is 9.53 Å². The lowest BCUT2D eigenvalue weighted by molar-refractivity contribution is -0.132. The van der Waals surface area contributed by atoms with E-state index >= 15 is 0 Å². The average Bonchev–Trinajstić information content (AvgIpc) is 2.60. The summed E-state index contributed by atoms with van der Waals surface area (Å²) in [5, 5.41) is 15.2. The predicted molar refractivity (Wildman–Crippen MR) is 90.4 cm³/mol. The van der Waals surface area contributed by atoms with Gasteiger partial charge in [-0.05, 0) is 31.2 Å². The number of hydrogen-bond donors (Lipinski definition) is 2. The van der Waals surface area contributed by atoms with Crippen molar-refractivity contribution < 1.29 is 9.53 Å². The zero-order valence-corrected chi connectivity index (χ0v) is 13.8. The number of rotatable bonds is 6. The number of anilines is 2. The quantitative estimate of drug-likeness (QED) is 0.840. The smallest absolute Gasteiger partial charge is 0.254 e. The van der Waals surface area contributed by atoms with E-state index in [1.165, 1.54) is 0 Å². The second-order valence-electron chi connectivity index (χ2n) is 5.54. The number of likely N-dealkylation sites (N-methyl/N-ethyl adjacent to an activating group) is 1. The molecule has 1 heterocycles. The topological polar surface area (TPSA) is 77.4 Å². The summed E-state index contributed by atoms with van der Waals surface area (Å²) in [6, 6.07) is 7.35. The van der Waals surface area contributed by atoms with E-state index in [0.29, 0.717) is 24.4 Å². The summed E-state index contributed by atoms with van der Waals surface area (Å²) in [7, 11) is 0. The molecule has 1 aromatic rings. The van der Waals surface area contributed by atoms with E-state index in [4.69, 9.17) is 10.00 Å². The molecular weight excluding hydrogens is 292 g/mol. The van der Waals surface area contributed by atoms with Crippen molar-refractivity contribution in [3.8, 4) is 6.07 Å². The third kappa shape index (κ3) is 4.68. The molecule has 2 rings (SSSR count). The molecule has 2 N–H and O–H groups in total. The Bertz CT molecular complexity index is 582. The van der Waals surface area contributed by atoms with Gasteiger partial charge in [0.2, 0.25) is 0 Å². The van der Waals surface area contributed by atoms with E-state index < -0.39 is 6.10 Å². The molecule has 1 saturated heterocycles. The van der Waals surface area contributed by atoms with Crippen LogP contribution in [0.2, 0.25) is 0 Å². The zero-order chi connectivity index (χ0) is 16.7. The minimum Gasteiger partial charge on any atom is -0.383 e. The third-order valence-electron chi connectivity index (χ3n) is 3.86. The van der Waals surface area contributed by atoms with Gasteiger partial charge in [0.1, 0.15) is 6.10 Å². The Morgan fingerprint density at radius 2 is 2.26 bits per heavy atom. The van der Waals surface area contributed by atoms with E-state index in [1.807, 2.05) is 6.07 Å². The third-order valence-corrected chi connectivity index (χ3v) is 3.86. The number of morpholine rings is 1. The molecule has 1 amide bonds. The lowest BCUT2D eigenvalue weighted by Gasteiger charge is -2.31. The first-order valence-corrected chi connectivity index (χ1v) is 8.10. The molecule has 0 radical (unpaired) electrons. The summed E-state index contributed by atoms with van der Waals surface area (Å²) in [6.45, 7) is 7.86. The highest BCUT2D eigenvalue weighted by Crippen LogP contribution is 2.24. The fraction of sp³-hybridized carbons (Fsp3) is 0.529. The van der Waals surface area contributed by atoms with E-state index in [9.17, 15) is 4.79 Å². The summed E-state index contributed by atoms with van der Waals surface area (Å²) in [5.41, 5.74) is 1.96. The lowest BCUT2D eigenvalue weighted by Crippen LogP contribution is -2.47. The van der Waals surface area contributed by atoms with Crippen LogP contribution in [0.25, 0.3) is 0 Å². The van der Waals surface area contributed by atoms with Crippen LogP contribution >= 0.6 is 0 Å². The van der Waals surface area contributed by atoms with Gasteiger partial charge in [-0.3, -0.25) is 9.69 Å². The molecule has 1 atom stereocenters. The normalized spacial score (nSPS) is 18.2. The Morgan fingerprint density at radius 3 is 2.96 bits per heavy atom. The van der Waals surface area contributed by atoms with Crippen molar-refractivity contribution in [2.75, 3.05) is 43.4 Å². The predicted octanol–water partition coefficient (Wildman–Crippen LogP) is 2.04. The minimum absolute atomic E-state index is 0.169. The van der Waals surface area contributed by atoms with E-state index in [0.717, 1.165) is 31.7 Å². The SMILES string of the molecule is CCCNc1ccc(C#N)cc1NC(=O)C1CN(CC)CCO1. The number of nitrogens with zero attached hydrogens (tertiary/aromatic N) is 2. The van der Waals surface area contributed by atoms with E-state index in [2.05, 4.69) is 35.5 Å². The van der Waals surface area contributed by atoms with Gasteiger partial charge in [0.05, 0.1) is 29.6 Å². The Morgan fingerprint density at radius 1 is 1.43 bits per heavy atom. The van der Waals surface area contributed by atoms with Gasteiger partial charge in [-0.2, -0.15) is 5.26 Å². The van der Waals surface area contributed by atoms with Gasteiger partial charge in [0, 0.05) is 19.6 Å². The number of amides is 1. The highest BCUT2D eigenvalue weighted by Gasteiger charge is 2.26. The number of carbonyl (C=O) groups excluding carboxylic acids is 1. The Hall–Kier alpha value is -2.10. The number of benzene rings is 1. The zero-order valence-electron chi connectivity index (χ0n) is 13.8. The van der Waals surface area contributed by atoms with Crippen LogP contribution < -0.4 is 10.6 Å². The Kier molecular flexibility index (Phi) is 6.39. The fourth-order valence-electron chi connectivity index (χ4n) is 2.49. The summed E-state index contributed by atoms with van der Waals surface area (Å²) in [5.74, 6) is -0.169. The maximum Gasteiger partial charge on any atom is 0.254 e. The molecule has 124 valence electrons. The van der Waals surface area contributed by atoms with Gasteiger partial charge in [-0.15, -0.1) is 0 Å². The highest BCUT2D eigenvalue weighted by molar-refractivity contribution is 5.97. The van der Waals surface area contributed by atoms with Crippen molar-refractivity contribution in [1.29, 1.82) is 5.26 Å². The molecule has 1 aliphatic heterocycles.